The molecular formula is C17H25BrN2O3. The first-order chi connectivity index (χ1) is 11.2. The minimum Gasteiger partial charge on any atom is -0.492 e. The van der Waals surface area contributed by atoms with Crippen LogP contribution in [0, 0.1) is 0 Å². The number of likely N-dealkylation sites (tertiary alicyclic amines) is 1. The van der Waals surface area contributed by atoms with E-state index in [4.69, 9.17) is 15.2 Å². The highest BCUT2D eigenvalue weighted by atomic mass is 79.9. The quantitative estimate of drug-likeness (QED) is 0.699. The van der Waals surface area contributed by atoms with E-state index in [0.29, 0.717) is 19.6 Å². The number of hydrogen-bond donors (Lipinski definition) is 1. The number of nitrogens with two attached hydrogens (primary N) is 1. The monoisotopic (exact) mass is 384 g/mol. The predicted molar refractivity (Wildman–Crippen MR) is 93.5 cm³/mol. The number of benzene rings is 1. The lowest BCUT2D eigenvalue weighted by atomic mass is 10.1. The number of nitrogens with zero attached hydrogens (tertiary/aromatic N) is 1. The highest BCUT2D eigenvalue weighted by molar-refractivity contribution is 9.10. The number of hydrogen-bond acceptors (Lipinski definition) is 4. The van der Waals surface area contributed by atoms with E-state index in [9.17, 15) is 4.79 Å². The molecular weight excluding hydrogens is 360 g/mol. The smallest absolute Gasteiger partial charge is 0.226 e. The molecule has 1 heterocycles. The van der Waals surface area contributed by atoms with E-state index in [1.165, 1.54) is 0 Å². The molecule has 5 nitrogen and oxygen atoms in total. The lowest BCUT2D eigenvalue weighted by Crippen LogP contribution is -2.41. The number of ether oxygens (including phenoxy) is 2. The molecule has 1 amide bonds. The molecule has 0 spiro atoms. The molecule has 1 fully saturated rings. The first-order valence-corrected chi connectivity index (χ1v) is 8.96. The number of carbonyl (C=O) groups excluding carboxylic acids is 1. The summed E-state index contributed by atoms with van der Waals surface area (Å²) < 4.78 is 12.3. The van der Waals surface area contributed by atoms with E-state index in [1.54, 1.807) is 0 Å². The zero-order chi connectivity index (χ0) is 16.5. The number of piperidine rings is 1. The van der Waals surface area contributed by atoms with Gasteiger partial charge in [-0.05, 0) is 53.9 Å². The Morgan fingerprint density at radius 2 is 2.00 bits per heavy atom. The van der Waals surface area contributed by atoms with Crippen molar-refractivity contribution in [3.63, 3.8) is 0 Å². The Morgan fingerprint density at radius 1 is 1.26 bits per heavy atom. The zero-order valence-electron chi connectivity index (χ0n) is 13.4. The first-order valence-electron chi connectivity index (χ1n) is 8.17. The van der Waals surface area contributed by atoms with E-state index in [2.05, 4.69) is 15.9 Å². The van der Waals surface area contributed by atoms with E-state index < -0.39 is 0 Å². The maximum atomic E-state index is 12.2. The molecule has 1 aliphatic heterocycles. The van der Waals surface area contributed by atoms with Crippen LogP contribution in [-0.2, 0) is 9.53 Å². The van der Waals surface area contributed by atoms with Gasteiger partial charge in [-0.3, -0.25) is 4.79 Å². The minimum absolute atomic E-state index is 0.150. The van der Waals surface area contributed by atoms with Crippen LogP contribution in [0.1, 0.15) is 25.7 Å². The topological polar surface area (TPSA) is 64.8 Å². The number of para-hydroxylation sites is 1. The summed E-state index contributed by atoms with van der Waals surface area (Å²) in [6.07, 6.45) is 3.37. The van der Waals surface area contributed by atoms with Gasteiger partial charge in [0.2, 0.25) is 5.91 Å². The Kier molecular flexibility index (Phi) is 7.85. The number of carbonyl (C=O) groups is 1. The summed E-state index contributed by atoms with van der Waals surface area (Å²) in [7, 11) is 0. The van der Waals surface area contributed by atoms with Gasteiger partial charge < -0.3 is 20.1 Å². The van der Waals surface area contributed by atoms with Crippen molar-refractivity contribution in [1.82, 2.24) is 4.90 Å². The molecule has 2 N–H and O–H groups in total. The van der Waals surface area contributed by atoms with Gasteiger partial charge in [0.1, 0.15) is 5.75 Å². The second kappa shape index (κ2) is 9.90. The Hall–Kier alpha value is -1.11. The molecule has 0 radical (unpaired) electrons. The van der Waals surface area contributed by atoms with Crippen LogP contribution in [-0.4, -0.2) is 49.8 Å². The van der Waals surface area contributed by atoms with Gasteiger partial charge in [0.25, 0.3) is 0 Å². The number of halogens is 1. The molecule has 1 saturated heterocycles. The molecule has 23 heavy (non-hydrogen) atoms. The molecule has 1 aromatic rings. The van der Waals surface area contributed by atoms with Crippen LogP contribution in [0.5, 0.6) is 5.75 Å². The molecule has 0 saturated carbocycles. The van der Waals surface area contributed by atoms with Crippen LogP contribution < -0.4 is 10.5 Å². The van der Waals surface area contributed by atoms with Crippen LogP contribution in [0.3, 0.4) is 0 Å². The minimum atomic E-state index is 0.150. The molecule has 2 rings (SSSR count). The van der Waals surface area contributed by atoms with Crippen molar-refractivity contribution in [2.24, 2.45) is 5.73 Å². The maximum absolute atomic E-state index is 12.2. The number of amides is 1. The standard InChI is InChI=1S/C17H25BrN2O3/c18-15-4-1-2-5-16(15)23-13-8-17(21)20-10-6-14(7-11-20)22-12-3-9-19/h1-2,4-5,14H,3,6-13,19H2. The van der Waals surface area contributed by atoms with Crippen molar-refractivity contribution < 1.29 is 14.3 Å². The lowest BCUT2D eigenvalue weighted by Gasteiger charge is -2.32. The van der Waals surface area contributed by atoms with Gasteiger partial charge in [-0.15, -0.1) is 0 Å². The van der Waals surface area contributed by atoms with Crippen molar-refractivity contribution >= 4 is 21.8 Å². The third-order valence-electron chi connectivity index (χ3n) is 3.91. The predicted octanol–water partition coefficient (Wildman–Crippen LogP) is 2.57. The Morgan fingerprint density at radius 3 is 2.70 bits per heavy atom. The highest BCUT2D eigenvalue weighted by Gasteiger charge is 2.22. The molecule has 0 aliphatic carbocycles. The molecule has 6 heteroatoms. The fourth-order valence-electron chi connectivity index (χ4n) is 2.57. The van der Waals surface area contributed by atoms with Gasteiger partial charge in [-0.2, -0.15) is 0 Å². The van der Waals surface area contributed by atoms with Crippen molar-refractivity contribution in [3.8, 4) is 5.75 Å². The fourth-order valence-corrected chi connectivity index (χ4v) is 2.97. The van der Waals surface area contributed by atoms with Gasteiger partial charge in [-0.25, -0.2) is 0 Å². The van der Waals surface area contributed by atoms with Crippen molar-refractivity contribution in [2.45, 2.75) is 31.8 Å². The molecule has 0 aromatic heterocycles. The highest BCUT2D eigenvalue weighted by Crippen LogP contribution is 2.24. The first kappa shape index (κ1) is 18.2. The molecule has 1 aromatic carbocycles. The summed E-state index contributed by atoms with van der Waals surface area (Å²) in [6.45, 7) is 3.31. The summed E-state index contributed by atoms with van der Waals surface area (Å²) in [4.78, 5) is 14.1. The van der Waals surface area contributed by atoms with Gasteiger partial charge in [0.05, 0.1) is 23.6 Å². The molecule has 0 bridgehead atoms. The summed E-state index contributed by atoms with van der Waals surface area (Å²) in [5, 5.41) is 0. The summed E-state index contributed by atoms with van der Waals surface area (Å²) in [5.41, 5.74) is 5.46. The summed E-state index contributed by atoms with van der Waals surface area (Å²) in [6, 6.07) is 7.66. The fraction of sp³-hybridized carbons (Fsp3) is 0.588. The maximum Gasteiger partial charge on any atom is 0.226 e. The van der Waals surface area contributed by atoms with Gasteiger partial charge in [-0.1, -0.05) is 12.1 Å². The van der Waals surface area contributed by atoms with Crippen LogP contribution in [0.2, 0.25) is 0 Å². The van der Waals surface area contributed by atoms with E-state index in [0.717, 1.165) is 49.2 Å². The van der Waals surface area contributed by atoms with E-state index in [1.807, 2.05) is 29.2 Å². The normalized spacial score (nSPS) is 15.7. The van der Waals surface area contributed by atoms with Crippen molar-refractivity contribution in [3.05, 3.63) is 28.7 Å². The second-order valence-electron chi connectivity index (χ2n) is 5.62. The van der Waals surface area contributed by atoms with Crippen molar-refractivity contribution in [1.29, 1.82) is 0 Å². The SMILES string of the molecule is NCCCOC1CCN(C(=O)CCOc2ccccc2Br)CC1. The summed E-state index contributed by atoms with van der Waals surface area (Å²) >= 11 is 3.43. The van der Waals surface area contributed by atoms with Crippen LogP contribution in [0.15, 0.2) is 28.7 Å². The molecule has 0 atom stereocenters. The van der Waals surface area contributed by atoms with Gasteiger partial charge >= 0.3 is 0 Å². The third kappa shape index (κ3) is 6.12. The van der Waals surface area contributed by atoms with Gasteiger partial charge in [0, 0.05) is 19.7 Å². The average molecular weight is 385 g/mol. The molecule has 128 valence electrons. The van der Waals surface area contributed by atoms with E-state index in [-0.39, 0.29) is 12.0 Å². The zero-order valence-corrected chi connectivity index (χ0v) is 15.0. The number of rotatable bonds is 8. The third-order valence-corrected chi connectivity index (χ3v) is 4.56. The average Bonchev–Trinajstić information content (AvgIpc) is 2.57. The molecule has 1 aliphatic rings. The Labute approximate surface area is 146 Å². The van der Waals surface area contributed by atoms with E-state index >= 15 is 0 Å². The second-order valence-corrected chi connectivity index (χ2v) is 6.48. The largest absolute Gasteiger partial charge is 0.492 e. The van der Waals surface area contributed by atoms with Crippen LogP contribution in [0.4, 0.5) is 0 Å². The molecule has 0 unspecified atom stereocenters. The van der Waals surface area contributed by atoms with Gasteiger partial charge in [0.15, 0.2) is 0 Å². The van der Waals surface area contributed by atoms with Crippen LogP contribution >= 0.6 is 15.9 Å². The Bertz CT molecular complexity index is 490. The Balaban J connectivity index is 1.64. The van der Waals surface area contributed by atoms with Crippen molar-refractivity contribution in [2.75, 3.05) is 32.8 Å². The lowest BCUT2D eigenvalue weighted by molar-refractivity contribution is -0.134. The summed E-state index contributed by atoms with van der Waals surface area (Å²) in [5.74, 6) is 0.921. The van der Waals surface area contributed by atoms with Crippen LogP contribution in [0.25, 0.3) is 0 Å².